The van der Waals surface area contributed by atoms with E-state index in [9.17, 15) is 9.18 Å². The number of carbonyl (C=O) groups is 1. The van der Waals surface area contributed by atoms with Crippen LogP contribution in [-0.2, 0) is 20.7 Å². The molecule has 2 heterocycles. The van der Waals surface area contributed by atoms with Crippen molar-refractivity contribution in [2.75, 3.05) is 46.5 Å². The van der Waals surface area contributed by atoms with Crippen LogP contribution in [0.2, 0.25) is 0 Å². The maximum Gasteiger partial charge on any atom is 0.237 e. The summed E-state index contributed by atoms with van der Waals surface area (Å²) in [4.78, 5) is 17.0. The Labute approximate surface area is 148 Å². The van der Waals surface area contributed by atoms with Gasteiger partial charge in [0, 0.05) is 26.7 Å². The highest BCUT2D eigenvalue weighted by Gasteiger charge is 2.35. The summed E-state index contributed by atoms with van der Waals surface area (Å²) in [7, 11) is 1.71. The van der Waals surface area contributed by atoms with E-state index < -0.39 is 0 Å². The monoisotopic (exact) mass is 350 g/mol. The Morgan fingerprint density at radius 2 is 1.96 bits per heavy atom. The summed E-state index contributed by atoms with van der Waals surface area (Å²) in [5.41, 5.74) is 1.03. The van der Waals surface area contributed by atoms with E-state index in [4.69, 9.17) is 9.47 Å². The van der Waals surface area contributed by atoms with Gasteiger partial charge >= 0.3 is 0 Å². The fourth-order valence-electron chi connectivity index (χ4n) is 3.75. The van der Waals surface area contributed by atoms with Gasteiger partial charge in [0.05, 0.1) is 31.9 Å². The van der Waals surface area contributed by atoms with Gasteiger partial charge in [0.1, 0.15) is 5.82 Å². The molecule has 6 heteroatoms. The van der Waals surface area contributed by atoms with Crippen LogP contribution in [0, 0.1) is 5.82 Å². The quantitative estimate of drug-likeness (QED) is 0.811. The minimum Gasteiger partial charge on any atom is -0.379 e. The number of hydrogen-bond acceptors (Lipinski definition) is 4. The van der Waals surface area contributed by atoms with E-state index in [1.807, 2.05) is 4.90 Å². The number of likely N-dealkylation sites (tertiary alicyclic amines) is 1. The maximum absolute atomic E-state index is 13.2. The predicted molar refractivity (Wildman–Crippen MR) is 92.9 cm³/mol. The van der Waals surface area contributed by atoms with Crippen LogP contribution in [0.15, 0.2) is 24.3 Å². The lowest BCUT2D eigenvalue weighted by atomic mass is 9.92. The van der Waals surface area contributed by atoms with Crippen LogP contribution in [0.3, 0.4) is 0 Å². The number of carbonyl (C=O) groups excluding carboxylic acids is 1. The molecule has 25 heavy (non-hydrogen) atoms. The second-order valence-corrected chi connectivity index (χ2v) is 6.79. The second kappa shape index (κ2) is 8.74. The smallest absolute Gasteiger partial charge is 0.237 e. The molecule has 2 aliphatic rings. The second-order valence-electron chi connectivity index (χ2n) is 6.79. The molecule has 0 spiro atoms. The summed E-state index contributed by atoms with van der Waals surface area (Å²) < 4.78 is 24.2. The molecule has 0 bridgehead atoms. The normalized spacial score (nSPS) is 25.1. The van der Waals surface area contributed by atoms with Crippen LogP contribution >= 0.6 is 0 Å². The fourth-order valence-corrected chi connectivity index (χ4v) is 3.75. The number of rotatable bonds is 5. The van der Waals surface area contributed by atoms with Crippen molar-refractivity contribution < 1.29 is 18.7 Å². The van der Waals surface area contributed by atoms with Gasteiger partial charge < -0.3 is 14.4 Å². The first-order valence-corrected chi connectivity index (χ1v) is 9.04. The van der Waals surface area contributed by atoms with Crippen LogP contribution in [0.5, 0.6) is 0 Å². The molecule has 138 valence electrons. The topological polar surface area (TPSA) is 42.0 Å². The van der Waals surface area contributed by atoms with E-state index in [1.54, 1.807) is 19.2 Å². The number of halogens is 1. The summed E-state index contributed by atoms with van der Waals surface area (Å²) in [6.07, 6.45) is 2.61. The molecule has 0 unspecified atom stereocenters. The van der Waals surface area contributed by atoms with Gasteiger partial charge in [-0.15, -0.1) is 0 Å². The highest BCUT2D eigenvalue weighted by molar-refractivity contribution is 5.79. The van der Waals surface area contributed by atoms with E-state index >= 15 is 0 Å². The van der Waals surface area contributed by atoms with Crippen molar-refractivity contribution in [3.63, 3.8) is 0 Å². The van der Waals surface area contributed by atoms with E-state index in [1.165, 1.54) is 12.1 Å². The van der Waals surface area contributed by atoms with Crippen LogP contribution in [0.25, 0.3) is 0 Å². The number of methoxy groups -OCH3 is 1. The number of morpholine rings is 1. The summed E-state index contributed by atoms with van der Waals surface area (Å²) in [5, 5.41) is 0. The number of ether oxygens (including phenoxy) is 2. The average Bonchev–Trinajstić information content (AvgIpc) is 2.64. The Morgan fingerprint density at radius 3 is 2.64 bits per heavy atom. The van der Waals surface area contributed by atoms with Gasteiger partial charge in [-0.2, -0.15) is 0 Å². The van der Waals surface area contributed by atoms with Gasteiger partial charge in [-0.3, -0.25) is 9.69 Å². The molecular formula is C19H27FN2O3. The molecule has 2 aliphatic heterocycles. The Bertz CT molecular complexity index is 560. The van der Waals surface area contributed by atoms with Gasteiger partial charge in [-0.25, -0.2) is 4.39 Å². The van der Waals surface area contributed by atoms with Gasteiger partial charge in [-0.1, -0.05) is 12.1 Å². The van der Waals surface area contributed by atoms with Gasteiger partial charge in [-0.05, 0) is 37.0 Å². The van der Waals surface area contributed by atoms with E-state index in [0.29, 0.717) is 26.2 Å². The summed E-state index contributed by atoms with van der Waals surface area (Å²) in [6, 6.07) is 6.53. The summed E-state index contributed by atoms with van der Waals surface area (Å²) in [6.45, 7) is 4.17. The molecule has 2 fully saturated rings. The molecule has 1 aromatic rings. The molecule has 1 aromatic carbocycles. The Balaban J connectivity index is 1.69. The maximum atomic E-state index is 13.2. The van der Waals surface area contributed by atoms with Crippen molar-refractivity contribution in [1.82, 2.24) is 9.80 Å². The molecule has 3 rings (SSSR count). The van der Waals surface area contributed by atoms with Crippen molar-refractivity contribution in [1.29, 1.82) is 0 Å². The molecule has 0 N–H and O–H groups in total. The van der Waals surface area contributed by atoms with Crippen molar-refractivity contribution in [3.05, 3.63) is 35.6 Å². The molecule has 1 amide bonds. The Morgan fingerprint density at radius 1 is 1.24 bits per heavy atom. The predicted octanol–water partition coefficient (Wildman–Crippen LogP) is 1.71. The van der Waals surface area contributed by atoms with Gasteiger partial charge in [0.15, 0.2) is 0 Å². The number of nitrogens with zero attached hydrogens (tertiary/aromatic N) is 2. The van der Waals surface area contributed by atoms with Crippen molar-refractivity contribution >= 4 is 5.91 Å². The number of amides is 1. The minimum absolute atomic E-state index is 0.00208. The first kappa shape index (κ1) is 18.3. The Hall–Kier alpha value is -1.50. The third-order valence-corrected chi connectivity index (χ3v) is 5.16. The van der Waals surface area contributed by atoms with Crippen LogP contribution in [-0.4, -0.2) is 74.4 Å². The molecule has 0 radical (unpaired) electrons. The minimum atomic E-state index is -0.240. The van der Waals surface area contributed by atoms with Crippen LogP contribution in [0.1, 0.15) is 18.4 Å². The van der Waals surface area contributed by atoms with Gasteiger partial charge in [0.25, 0.3) is 0 Å². The zero-order chi connectivity index (χ0) is 17.6. The lowest BCUT2D eigenvalue weighted by molar-refractivity contribution is -0.141. The third-order valence-electron chi connectivity index (χ3n) is 5.16. The standard InChI is InChI=1S/C19H27FN2O3/c1-24-18-3-2-8-22(19(23)14-21-9-11-25-12-10-21)17(18)13-15-4-6-16(20)7-5-15/h4-7,17-18H,2-3,8-14H2,1H3/t17-,18-/m0/s1. The van der Waals surface area contributed by atoms with Crippen molar-refractivity contribution in [2.24, 2.45) is 0 Å². The summed E-state index contributed by atoms with van der Waals surface area (Å²) >= 11 is 0. The lowest BCUT2D eigenvalue weighted by Crippen LogP contribution is -2.55. The molecule has 0 saturated carbocycles. The number of benzene rings is 1. The molecular weight excluding hydrogens is 323 g/mol. The van der Waals surface area contributed by atoms with Crippen molar-refractivity contribution in [2.45, 2.75) is 31.4 Å². The average molecular weight is 350 g/mol. The molecule has 0 aromatic heterocycles. The highest BCUT2D eigenvalue weighted by atomic mass is 19.1. The van der Waals surface area contributed by atoms with Gasteiger partial charge in [0.2, 0.25) is 5.91 Å². The number of hydrogen-bond donors (Lipinski definition) is 0. The largest absolute Gasteiger partial charge is 0.379 e. The third kappa shape index (κ3) is 4.77. The molecule has 2 saturated heterocycles. The zero-order valence-corrected chi connectivity index (χ0v) is 14.8. The van der Waals surface area contributed by atoms with E-state index in [-0.39, 0.29) is 23.9 Å². The van der Waals surface area contributed by atoms with Crippen molar-refractivity contribution in [3.8, 4) is 0 Å². The first-order valence-electron chi connectivity index (χ1n) is 9.04. The van der Waals surface area contributed by atoms with Crippen LogP contribution in [0.4, 0.5) is 4.39 Å². The summed E-state index contributed by atoms with van der Waals surface area (Å²) in [5.74, 6) is -0.0910. The Kier molecular flexibility index (Phi) is 6.39. The van der Waals surface area contributed by atoms with E-state index in [0.717, 1.165) is 38.0 Å². The highest BCUT2D eigenvalue weighted by Crippen LogP contribution is 2.24. The molecule has 5 nitrogen and oxygen atoms in total. The molecule has 0 aliphatic carbocycles. The van der Waals surface area contributed by atoms with E-state index in [2.05, 4.69) is 4.90 Å². The zero-order valence-electron chi connectivity index (χ0n) is 14.8. The first-order chi connectivity index (χ1) is 12.2. The van der Waals surface area contributed by atoms with Crippen LogP contribution < -0.4 is 0 Å². The fraction of sp³-hybridized carbons (Fsp3) is 0.632. The number of piperidine rings is 1. The SMILES string of the molecule is CO[C@H]1CCCN(C(=O)CN2CCOCC2)[C@H]1Cc1ccc(F)cc1. The molecule has 2 atom stereocenters. The lowest BCUT2D eigenvalue weighted by Gasteiger charge is -2.42.